The number of halogens is 1. The number of hydrogen-bond acceptors (Lipinski definition) is 5. The highest BCUT2D eigenvalue weighted by atomic mass is 19.1. The summed E-state index contributed by atoms with van der Waals surface area (Å²) < 4.78 is 23.9. The van der Waals surface area contributed by atoms with Crippen LogP contribution in [0.3, 0.4) is 0 Å². The lowest BCUT2D eigenvalue weighted by atomic mass is 10.2. The van der Waals surface area contributed by atoms with Crippen LogP contribution in [0.5, 0.6) is 11.5 Å². The first kappa shape index (κ1) is 18.1. The van der Waals surface area contributed by atoms with Gasteiger partial charge in [-0.25, -0.2) is 4.39 Å². The molecule has 0 aliphatic carbocycles. The standard InChI is InChI=1S/C18H17FN2O4/c1-24-18(23)8-10-21-17(22)7-5-13-4-6-16(15(19)11-13)25-14-3-2-9-20-12-14/h2-7,9,11-12H,8,10H2,1H3,(H,21,22)/b7-5-. The van der Waals surface area contributed by atoms with Crippen molar-refractivity contribution >= 4 is 18.0 Å². The lowest BCUT2D eigenvalue weighted by Gasteiger charge is -2.06. The lowest BCUT2D eigenvalue weighted by molar-refractivity contribution is -0.140. The largest absolute Gasteiger partial charge is 0.469 e. The van der Waals surface area contributed by atoms with Crippen LogP contribution in [0.15, 0.2) is 48.8 Å². The molecule has 0 spiro atoms. The first-order valence-electron chi connectivity index (χ1n) is 7.48. The second-order valence-corrected chi connectivity index (χ2v) is 4.93. The van der Waals surface area contributed by atoms with E-state index >= 15 is 0 Å². The number of methoxy groups -OCH3 is 1. The van der Waals surface area contributed by atoms with Crippen molar-refractivity contribution in [1.29, 1.82) is 0 Å². The van der Waals surface area contributed by atoms with E-state index in [2.05, 4.69) is 15.0 Å². The summed E-state index contributed by atoms with van der Waals surface area (Å²) >= 11 is 0. The van der Waals surface area contributed by atoms with Gasteiger partial charge in [0.15, 0.2) is 11.6 Å². The van der Waals surface area contributed by atoms with Crippen LogP contribution in [0.25, 0.3) is 6.08 Å². The highest BCUT2D eigenvalue weighted by Crippen LogP contribution is 2.24. The van der Waals surface area contributed by atoms with E-state index in [1.807, 2.05) is 0 Å². The minimum absolute atomic E-state index is 0.0627. The van der Waals surface area contributed by atoms with Gasteiger partial charge in [0.1, 0.15) is 5.75 Å². The number of pyridine rings is 1. The van der Waals surface area contributed by atoms with E-state index in [0.29, 0.717) is 11.3 Å². The number of carbonyl (C=O) groups is 2. The topological polar surface area (TPSA) is 77.5 Å². The zero-order valence-electron chi connectivity index (χ0n) is 13.6. The van der Waals surface area contributed by atoms with Crippen LogP contribution < -0.4 is 10.1 Å². The monoisotopic (exact) mass is 344 g/mol. The molecule has 0 unspecified atom stereocenters. The molecule has 6 nitrogen and oxygen atoms in total. The van der Waals surface area contributed by atoms with Gasteiger partial charge in [0.2, 0.25) is 5.91 Å². The number of ether oxygens (including phenoxy) is 2. The third-order valence-corrected chi connectivity index (χ3v) is 3.10. The molecule has 1 amide bonds. The third kappa shape index (κ3) is 6.06. The van der Waals surface area contributed by atoms with Crippen molar-refractivity contribution in [3.05, 3.63) is 60.2 Å². The van der Waals surface area contributed by atoms with Crippen LogP contribution in [-0.4, -0.2) is 30.5 Å². The van der Waals surface area contributed by atoms with Gasteiger partial charge in [-0.3, -0.25) is 14.6 Å². The molecular weight excluding hydrogens is 327 g/mol. The molecular formula is C18H17FN2O4. The molecule has 0 aliphatic heterocycles. The Morgan fingerprint density at radius 1 is 1.32 bits per heavy atom. The SMILES string of the molecule is COC(=O)CCNC(=O)/C=C\c1ccc(Oc2cccnc2)c(F)c1. The predicted molar refractivity (Wildman–Crippen MR) is 89.4 cm³/mol. The van der Waals surface area contributed by atoms with Crippen molar-refractivity contribution in [2.45, 2.75) is 6.42 Å². The molecule has 7 heteroatoms. The minimum atomic E-state index is -0.558. The molecule has 0 radical (unpaired) electrons. The zero-order valence-corrected chi connectivity index (χ0v) is 13.6. The second-order valence-electron chi connectivity index (χ2n) is 4.93. The molecule has 130 valence electrons. The molecule has 1 aromatic heterocycles. The van der Waals surface area contributed by atoms with Crippen molar-refractivity contribution < 1.29 is 23.5 Å². The molecule has 0 bridgehead atoms. The summed E-state index contributed by atoms with van der Waals surface area (Å²) in [6.45, 7) is 0.169. The first-order valence-corrected chi connectivity index (χ1v) is 7.48. The van der Waals surface area contributed by atoms with Gasteiger partial charge in [0, 0.05) is 18.8 Å². The highest BCUT2D eigenvalue weighted by molar-refractivity contribution is 5.91. The predicted octanol–water partition coefficient (Wildman–Crippen LogP) is 2.71. The maximum Gasteiger partial charge on any atom is 0.307 e. The van der Waals surface area contributed by atoms with Crippen molar-refractivity contribution in [1.82, 2.24) is 10.3 Å². The number of amides is 1. The fourth-order valence-corrected chi connectivity index (χ4v) is 1.86. The van der Waals surface area contributed by atoms with Crippen molar-refractivity contribution in [3.63, 3.8) is 0 Å². The maximum absolute atomic E-state index is 14.1. The maximum atomic E-state index is 14.1. The van der Waals surface area contributed by atoms with Gasteiger partial charge >= 0.3 is 5.97 Å². The molecule has 0 fully saturated rings. The van der Waals surface area contributed by atoms with Gasteiger partial charge in [-0.2, -0.15) is 0 Å². The Balaban J connectivity index is 1.91. The van der Waals surface area contributed by atoms with Gasteiger partial charge in [0.25, 0.3) is 0 Å². The van der Waals surface area contributed by atoms with E-state index in [1.54, 1.807) is 24.4 Å². The van der Waals surface area contributed by atoms with Gasteiger partial charge in [-0.15, -0.1) is 0 Å². The second kappa shape index (κ2) is 9.17. The van der Waals surface area contributed by atoms with Crippen molar-refractivity contribution in [2.75, 3.05) is 13.7 Å². The summed E-state index contributed by atoms with van der Waals surface area (Å²) in [6.07, 6.45) is 5.88. The van der Waals surface area contributed by atoms with Crippen molar-refractivity contribution in [2.24, 2.45) is 0 Å². The molecule has 25 heavy (non-hydrogen) atoms. The number of nitrogens with zero attached hydrogens (tertiary/aromatic N) is 1. The Bertz CT molecular complexity index is 763. The van der Waals surface area contributed by atoms with Crippen LogP contribution in [0, 0.1) is 5.82 Å². The Labute approximate surface area is 144 Å². The van der Waals surface area contributed by atoms with Crippen LogP contribution >= 0.6 is 0 Å². The Hall–Kier alpha value is -3.22. The van der Waals surface area contributed by atoms with E-state index in [9.17, 15) is 14.0 Å². The number of carbonyl (C=O) groups excluding carboxylic acids is 2. The number of benzene rings is 1. The van der Waals surface area contributed by atoms with Crippen LogP contribution in [-0.2, 0) is 14.3 Å². The normalized spacial score (nSPS) is 10.5. The van der Waals surface area contributed by atoms with Crippen LogP contribution in [0.4, 0.5) is 4.39 Å². The molecule has 1 heterocycles. The van der Waals surface area contributed by atoms with E-state index in [0.717, 1.165) is 0 Å². The Morgan fingerprint density at radius 3 is 2.84 bits per heavy atom. The Kier molecular flexibility index (Phi) is 6.65. The molecule has 2 aromatic rings. The van der Waals surface area contributed by atoms with Crippen LogP contribution in [0.1, 0.15) is 12.0 Å². The summed E-state index contributed by atoms with van der Waals surface area (Å²) in [4.78, 5) is 26.4. The summed E-state index contributed by atoms with van der Waals surface area (Å²) in [6, 6.07) is 7.69. The highest BCUT2D eigenvalue weighted by Gasteiger charge is 2.06. The smallest absolute Gasteiger partial charge is 0.307 e. The van der Waals surface area contributed by atoms with Gasteiger partial charge in [-0.1, -0.05) is 6.07 Å². The van der Waals surface area contributed by atoms with Crippen LogP contribution in [0.2, 0.25) is 0 Å². The van der Waals surface area contributed by atoms with E-state index < -0.39 is 11.8 Å². The fraction of sp³-hybridized carbons (Fsp3) is 0.167. The molecule has 0 saturated heterocycles. The summed E-state index contributed by atoms with van der Waals surface area (Å²) in [7, 11) is 1.28. The third-order valence-electron chi connectivity index (χ3n) is 3.10. The van der Waals surface area contributed by atoms with E-state index in [1.165, 1.54) is 37.6 Å². The Morgan fingerprint density at radius 2 is 2.16 bits per heavy atom. The zero-order chi connectivity index (χ0) is 18.1. The summed E-state index contributed by atoms with van der Waals surface area (Å²) in [5, 5.41) is 2.52. The minimum Gasteiger partial charge on any atom is -0.469 e. The average Bonchev–Trinajstić information content (AvgIpc) is 2.62. The van der Waals surface area contributed by atoms with E-state index in [-0.39, 0.29) is 24.6 Å². The quantitative estimate of drug-likeness (QED) is 0.617. The summed E-state index contributed by atoms with van der Waals surface area (Å²) in [5.74, 6) is -0.866. The number of aromatic nitrogens is 1. The number of esters is 1. The number of rotatable bonds is 7. The van der Waals surface area contributed by atoms with Gasteiger partial charge in [0.05, 0.1) is 19.7 Å². The number of nitrogens with one attached hydrogen (secondary N) is 1. The van der Waals surface area contributed by atoms with Crippen molar-refractivity contribution in [3.8, 4) is 11.5 Å². The first-order chi connectivity index (χ1) is 12.1. The molecule has 0 atom stereocenters. The molecule has 0 saturated carbocycles. The van der Waals surface area contributed by atoms with Gasteiger partial charge in [-0.05, 0) is 35.9 Å². The summed E-state index contributed by atoms with van der Waals surface area (Å²) in [5.41, 5.74) is 0.499. The lowest BCUT2D eigenvalue weighted by Crippen LogP contribution is -2.24. The average molecular weight is 344 g/mol. The van der Waals surface area contributed by atoms with Gasteiger partial charge < -0.3 is 14.8 Å². The number of hydrogen-bond donors (Lipinski definition) is 1. The molecule has 2 rings (SSSR count). The fourth-order valence-electron chi connectivity index (χ4n) is 1.86. The molecule has 1 N–H and O–H groups in total. The van der Waals surface area contributed by atoms with E-state index in [4.69, 9.17) is 4.74 Å². The molecule has 0 aliphatic rings. The molecule has 1 aromatic carbocycles.